The van der Waals surface area contributed by atoms with E-state index in [1.54, 1.807) is 0 Å². The van der Waals surface area contributed by atoms with Crippen molar-refractivity contribution in [3.05, 3.63) is 16.9 Å². The zero-order valence-electron chi connectivity index (χ0n) is 6.18. The largest absolute Gasteiger partial charge is 0.476 e. The Bertz CT molecular complexity index is 413. The fourth-order valence-electron chi connectivity index (χ4n) is 0.903. The first-order chi connectivity index (χ1) is 5.66. The van der Waals surface area contributed by atoms with E-state index in [0.717, 1.165) is 5.01 Å². The minimum atomic E-state index is -1.02. The molecule has 2 heterocycles. The molecule has 0 saturated heterocycles. The second-order valence-corrected chi connectivity index (χ2v) is 3.44. The van der Waals surface area contributed by atoms with Crippen molar-refractivity contribution in [1.82, 2.24) is 14.6 Å². The highest BCUT2D eigenvalue weighted by Gasteiger charge is 2.10. The number of rotatable bonds is 1. The lowest BCUT2D eigenvalue weighted by atomic mass is 10.5. The molecule has 0 aliphatic rings. The summed E-state index contributed by atoms with van der Waals surface area (Å²) in [5.41, 5.74) is 0.0359. The molecule has 62 valence electrons. The van der Waals surface area contributed by atoms with E-state index in [2.05, 4.69) is 10.1 Å². The van der Waals surface area contributed by atoms with Gasteiger partial charge in [-0.05, 0) is 6.92 Å². The lowest BCUT2D eigenvalue weighted by Gasteiger charge is -1.80. The fraction of sp³-hybridized carbons (Fsp3) is 0.167. The molecule has 6 heteroatoms. The summed E-state index contributed by atoms with van der Waals surface area (Å²) >= 11 is 1.37. The van der Waals surface area contributed by atoms with Crippen LogP contribution in [0.3, 0.4) is 0 Å². The van der Waals surface area contributed by atoms with E-state index >= 15 is 0 Å². The first-order valence-electron chi connectivity index (χ1n) is 3.23. The molecule has 0 amide bonds. The molecule has 5 nitrogen and oxygen atoms in total. The van der Waals surface area contributed by atoms with E-state index < -0.39 is 5.97 Å². The summed E-state index contributed by atoms with van der Waals surface area (Å²) in [6, 6.07) is 0. The van der Waals surface area contributed by atoms with Gasteiger partial charge in [-0.15, -0.1) is 0 Å². The number of imidazole rings is 1. The van der Waals surface area contributed by atoms with Gasteiger partial charge in [0.15, 0.2) is 5.69 Å². The number of carbonyl (C=O) groups is 1. The molecular weight excluding hydrogens is 178 g/mol. The Morgan fingerprint density at radius 1 is 1.75 bits per heavy atom. The number of carboxylic acid groups (broad SMARTS) is 1. The van der Waals surface area contributed by atoms with Crippen LogP contribution in [0.1, 0.15) is 15.5 Å². The molecule has 0 aliphatic heterocycles. The fourth-order valence-corrected chi connectivity index (χ4v) is 1.63. The van der Waals surface area contributed by atoms with Crippen LogP contribution in [-0.2, 0) is 0 Å². The van der Waals surface area contributed by atoms with Crippen LogP contribution in [-0.4, -0.2) is 25.7 Å². The van der Waals surface area contributed by atoms with E-state index in [0.29, 0.717) is 4.96 Å². The van der Waals surface area contributed by atoms with Crippen molar-refractivity contribution in [1.29, 1.82) is 0 Å². The first-order valence-corrected chi connectivity index (χ1v) is 4.04. The minimum Gasteiger partial charge on any atom is -0.476 e. The Morgan fingerprint density at radius 2 is 2.50 bits per heavy atom. The summed E-state index contributed by atoms with van der Waals surface area (Å²) in [7, 11) is 0. The molecule has 0 aromatic carbocycles. The maximum Gasteiger partial charge on any atom is 0.356 e. The second-order valence-electron chi connectivity index (χ2n) is 2.28. The SMILES string of the molecule is Cc1nn2cc(C(=O)O)nc2s1. The quantitative estimate of drug-likeness (QED) is 0.710. The number of hydrogen-bond donors (Lipinski definition) is 1. The van der Waals surface area contributed by atoms with Crippen molar-refractivity contribution in [2.75, 3.05) is 0 Å². The maximum absolute atomic E-state index is 10.5. The third-order valence-electron chi connectivity index (χ3n) is 1.36. The summed E-state index contributed by atoms with van der Waals surface area (Å²) in [5, 5.41) is 13.5. The molecule has 0 fully saturated rings. The molecule has 0 bridgehead atoms. The Kier molecular flexibility index (Phi) is 1.37. The van der Waals surface area contributed by atoms with Gasteiger partial charge in [-0.3, -0.25) is 0 Å². The van der Waals surface area contributed by atoms with Gasteiger partial charge in [0.05, 0.1) is 6.20 Å². The number of hydrogen-bond acceptors (Lipinski definition) is 4. The predicted molar refractivity (Wildman–Crippen MR) is 42.6 cm³/mol. The Labute approximate surface area is 71.3 Å². The molecule has 2 aromatic rings. The highest BCUT2D eigenvalue weighted by atomic mass is 32.1. The van der Waals surface area contributed by atoms with Gasteiger partial charge in [0.1, 0.15) is 5.01 Å². The van der Waals surface area contributed by atoms with Crippen molar-refractivity contribution in [3.8, 4) is 0 Å². The van der Waals surface area contributed by atoms with Gasteiger partial charge in [0, 0.05) is 0 Å². The zero-order valence-corrected chi connectivity index (χ0v) is 7.00. The van der Waals surface area contributed by atoms with E-state index in [9.17, 15) is 4.79 Å². The number of aryl methyl sites for hydroxylation is 1. The van der Waals surface area contributed by atoms with E-state index in [1.807, 2.05) is 6.92 Å². The van der Waals surface area contributed by atoms with Gasteiger partial charge >= 0.3 is 5.97 Å². The molecule has 2 aromatic heterocycles. The highest BCUT2D eigenvalue weighted by Crippen LogP contribution is 2.12. The number of aromatic carboxylic acids is 1. The Hall–Kier alpha value is -1.43. The van der Waals surface area contributed by atoms with Gasteiger partial charge in [-0.1, -0.05) is 11.3 Å². The van der Waals surface area contributed by atoms with Crippen LogP contribution >= 0.6 is 11.3 Å². The maximum atomic E-state index is 10.5. The molecule has 0 saturated carbocycles. The zero-order chi connectivity index (χ0) is 8.72. The normalized spacial score (nSPS) is 10.8. The van der Waals surface area contributed by atoms with Gasteiger partial charge in [-0.25, -0.2) is 14.3 Å². The third-order valence-corrected chi connectivity index (χ3v) is 2.20. The molecule has 0 atom stereocenters. The number of aromatic nitrogens is 3. The topological polar surface area (TPSA) is 67.5 Å². The summed E-state index contributed by atoms with van der Waals surface area (Å²) in [5.74, 6) is -1.02. The summed E-state index contributed by atoms with van der Waals surface area (Å²) < 4.78 is 1.48. The van der Waals surface area contributed by atoms with Crippen LogP contribution in [0.2, 0.25) is 0 Å². The van der Waals surface area contributed by atoms with Crippen LogP contribution in [0.25, 0.3) is 4.96 Å². The average molecular weight is 183 g/mol. The summed E-state index contributed by atoms with van der Waals surface area (Å²) in [6.07, 6.45) is 1.40. The molecular formula is C6H5N3O2S. The third kappa shape index (κ3) is 0.964. The highest BCUT2D eigenvalue weighted by molar-refractivity contribution is 7.16. The van der Waals surface area contributed by atoms with Crippen molar-refractivity contribution < 1.29 is 9.90 Å². The number of carboxylic acids is 1. The van der Waals surface area contributed by atoms with E-state index in [-0.39, 0.29) is 5.69 Å². The second kappa shape index (κ2) is 2.28. The Balaban J connectivity index is 2.64. The van der Waals surface area contributed by atoms with Crippen LogP contribution in [0, 0.1) is 6.92 Å². The lowest BCUT2D eigenvalue weighted by Crippen LogP contribution is -1.95. The van der Waals surface area contributed by atoms with Crippen molar-refractivity contribution in [2.24, 2.45) is 0 Å². The summed E-state index contributed by atoms with van der Waals surface area (Å²) in [6.45, 7) is 1.85. The molecule has 0 radical (unpaired) electrons. The van der Waals surface area contributed by atoms with Crippen LogP contribution in [0.5, 0.6) is 0 Å². The first kappa shape index (κ1) is 7.23. The van der Waals surface area contributed by atoms with Gasteiger partial charge in [-0.2, -0.15) is 5.10 Å². The van der Waals surface area contributed by atoms with Crippen LogP contribution in [0.15, 0.2) is 6.20 Å². The lowest BCUT2D eigenvalue weighted by molar-refractivity contribution is 0.0691. The van der Waals surface area contributed by atoms with E-state index in [1.165, 1.54) is 22.0 Å². The molecule has 12 heavy (non-hydrogen) atoms. The van der Waals surface area contributed by atoms with Gasteiger partial charge in [0.2, 0.25) is 4.96 Å². The monoisotopic (exact) mass is 183 g/mol. The van der Waals surface area contributed by atoms with Gasteiger partial charge < -0.3 is 5.11 Å². The van der Waals surface area contributed by atoms with Crippen molar-refractivity contribution >= 4 is 22.3 Å². The van der Waals surface area contributed by atoms with Crippen LogP contribution in [0.4, 0.5) is 0 Å². The summed E-state index contributed by atoms with van der Waals surface area (Å²) in [4.78, 5) is 14.9. The van der Waals surface area contributed by atoms with Gasteiger partial charge in [0.25, 0.3) is 0 Å². The van der Waals surface area contributed by atoms with Crippen molar-refractivity contribution in [2.45, 2.75) is 6.92 Å². The molecule has 2 rings (SSSR count). The van der Waals surface area contributed by atoms with Crippen LogP contribution < -0.4 is 0 Å². The standard InChI is InChI=1S/C6H5N3O2S/c1-3-8-9-2-4(5(10)11)7-6(9)12-3/h2H,1H3,(H,10,11). The molecule has 0 unspecified atom stereocenters. The molecule has 0 spiro atoms. The van der Waals surface area contributed by atoms with E-state index in [4.69, 9.17) is 5.11 Å². The number of fused-ring (bicyclic) bond motifs is 1. The van der Waals surface area contributed by atoms with Crippen molar-refractivity contribution in [3.63, 3.8) is 0 Å². The number of nitrogens with zero attached hydrogens (tertiary/aromatic N) is 3. The Morgan fingerprint density at radius 3 is 3.08 bits per heavy atom. The molecule has 1 N–H and O–H groups in total. The predicted octanol–water partition coefficient (Wildman–Crippen LogP) is 0.797. The molecule has 0 aliphatic carbocycles. The smallest absolute Gasteiger partial charge is 0.356 e. The minimum absolute atomic E-state index is 0.0359. The average Bonchev–Trinajstić information content (AvgIpc) is 2.42.